The van der Waals surface area contributed by atoms with Crippen molar-refractivity contribution in [3.8, 4) is 0 Å². The standard InChI is InChI=1S/C4H4ClF2NO2/c5-4(6,7)2(8)1-3(9)10/h1H,8H2,(H,9,10)/p-1/b2-1-. The van der Waals surface area contributed by atoms with E-state index in [9.17, 15) is 18.7 Å². The third-order valence-corrected chi connectivity index (χ3v) is 0.819. The number of hydrogen-bond donors (Lipinski definition) is 1. The summed E-state index contributed by atoms with van der Waals surface area (Å²) in [6, 6.07) is 0. The normalized spacial score (nSPS) is 13.3. The maximum absolute atomic E-state index is 11.8. The van der Waals surface area contributed by atoms with Crippen LogP contribution in [0.15, 0.2) is 11.8 Å². The predicted molar refractivity (Wildman–Crippen MR) is 28.1 cm³/mol. The number of alkyl halides is 3. The van der Waals surface area contributed by atoms with E-state index in [1.807, 2.05) is 0 Å². The molecule has 0 aromatic rings. The van der Waals surface area contributed by atoms with Gasteiger partial charge >= 0.3 is 5.38 Å². The summed E-state index contributed by atoms with van der Waals surface area (Å²) in [6.45, 7) is 0. The van der Waals surface area contributed by atoms with Crippen molar-refractivity contribution in [3.63, 3.8) is 0 Å². The van der Waals surface area contributed by atoms with Crippen molar-refractivity contribution in [2.75, 3.05) is 0 Å². The van der Waals surface area contributed by atoms with Gasteiger partial charge in [0.25, 0.3) is 0 Å². The molecule has 0 atom stereocenters. The molecule has 0 bridgehead atoms. The molecule has 10 heavy (non-hydrogen) atoms. The van der Waals surface area contributed by atoms with Gasteiger partial charge < -0.3 is 15.6 Å². The van der Waals surface area contributed by atoms with Crippen molar-refractivity contribution in [2.45, 2.75) is 5.38 Å². The second-order valence-electron chi connectivity index (χ2n) is 1.42. The van der Waals surface area contributed by atoms with Gasteiger partial charge in [-0.3, -0.25) is 0 Å². The first-order chi connectivity index (χ1) is 4.34. The summed E-state index contributed by atoms with van der Waals surface area (Å²) in [5.41, 5.74) is 3.27. The Morgan fingerprint density at radius 2 is 2.10 bits per heavy atom. The zero-order valence-corrected chi connectivity index (χ0v) is 5.36. The number of aliphatic carboxylic acids is 1. The van der Waals surface area contributed by atoms with Gasteiger partial charge in [0.15, 0.2) is 0 Å². The number of allylic oxidation sites excluding steroid dienone is 1. The van der Waals surface area contributed by atoms with E-state index < -0.39 is 17.0 Å². The Balaban J connectivity index is 4.35. The average molecular weight is 171 g/mol. The molecule has 0 aliphatic heterocycles. The third-order valence-electron chi connectivity index (χ3n) is 0.601. The fraction of sp³-hybridized carbons (Fsp3) is 0.250. The van der Waals surface area contributed by atoms with Crippen LogP contribution >= 0.6 is 11.6 Å². The summed E-state index contributed by atoms with van der Waals surface area (Å²) in [7, 11) is 0. The van der Waals surface area contributed by atoms with Crippen LogP contribution in [0.25, 0.3) is 0 Å². The molecule has 3 nitrogen and oxygen atoms in total. The molecule has 58 valence electrons. The van der Waals surface area contributed by atoms with Gasteiger partial charge in [-0.1, -0.05) is 0 Å². The van der Waals surface area contributed by atoms with E-state index in [-0.39, 0.29) is 6.08 Å². The molecule has 2 N–H and O–H groups in total. The summed E-state index contributed by atoms with van der Waals surface area (Å²) >= 11 is 4.31. The summed E-state index contributed by atoms with van der Waals surface area (Å²) in [5.74, 6) is -1.81. The highest BCUT2D eigenvalue weighted by molar-refractivity contribution is 6.23. The van der Waals surface area contributed by atoms with Gasteiger partial charge in [0.2, 0.25) is 0 Å². The van der Waals surface area contributed by atoms with E-state index in [0.717, 1.165) is 0 Å². The quantitative estimate of drug-likeness (QED) is 0.445. The highest BCUT2D eigenvalue weighted by Crippen LogP contribution is 2.24. The Morgan fingerprint density at radius 1 is 1.70 bits per heavy atom. The monoisotopic (exact) mass is 170 g/mol. The number of carbonyl (C=O) groups excluding carboxylic acids is 1. The van der Waals surface area contributed by atoms with Gasteiger partial charge in [-0.05, 0) is 17.7 Å². The molecule has 0 fully saturated rings. The first-order valence-corrected chi connectivity index (χ1v) is 2.47. The minimum absolute atomic E-state index is 0.0347. The lowest BCUT2D eigenvalue weighted by atomic mass is 10.4. The van der Waals surface area contributed by atoms with Crippen LogP contribution in [0.1, 0.15) is 0 Å². The molecule has 0 rings (SSSR count). The fourth-order valence-corrected chi connectivity index (χ4v) is 0.263. The number of carboxylic acids is 1. The highest BCUT2D eigenvalue weighted by atomic mass is 35.5. The van der Waals surface area contributed by atoms with E-state index in [2.05, 4.69) is 17.3 Å². The molecule has 0 saturated carbocycles. The molecular weight excluding hydrogens is 167 g/mol. The summed E-state index contributed by atoms with van der Waals surface area (Å²) in [6.07, 6.45) is 0.0347. The minimum atomic E-state index is -3.82. The van der Waals surface area contributed by atoms with Crippen molar-refractivity contribution in [1.29, 1.82) is 0 Å². The van der Waals surface area contributed by atoms with Crippen LogP contribution in [0, 0.1) is 0 Å². The molecule has 0 saturated heterocycles. The Morgan fingerprint density at radius 3 is 2.20 bits per heavy atom. The molecule has 0 amide bonds. The summed E-state index contributed by atoms with van der Waals surface area (Å²) in [4.78, 5) is 9.60. The van der Waals surface area contributed by atoms with Crippen molar-refractivity contribution in [2.24, 2.45) is 5.73 Å². The Labute approximate surface area is 60.1 Å². The number of hydrogen-bond acceptors (Lipinski definition) is 3. The summed E-state index contributed by atoms with van der Waals surface area (Å²) < 4.78 is 23.5. The van der Waals surface area contributed by atoms with Gasteiger partial charge in [0, 0.05) is 0 Å². The Kier molecular flexibility index (Phi) is 2.59. The lowest BCUT2D eigenvalue weighted by Gasteiger charge is -2.07. The molecule has 0 radical (unpaired) electrons. The van der Waals surface area contributed by atoms with E-state index >= 15 is 0 Å². The maximum Gasteiger partial charge on any atom is 0.362 e. The molecule has 0 unspecified atom stereocenters. The molecule has 6 heteroatoms. The molecule has 0 heterocycles. The number of carbonyl (C=O) groups is 1. The number of halogens is 3. The topological polar surface area (TPSA) is 66.2 Å². The van der Waals surface area contributed by atoms with Crippen LogP contribution in [-0.2, 0) is 4.79 Å². The van der Waals surface area contributed by atoms with Crippen molar-refractivity contribution in [3.05, 3.63) is 11.8 Å². The van der Waals surface area contributed by atoms with Gasteiger partial charge in [0.1, 0.15) is 0 Å². The van der Waals surface area contributed by atoms with Gasteiger partial charge in [-0.25, -0.2) is 0 Å². The molecule has 0 aromatic heterocycles. The first kappa shape index (κ1) is 9.16. The Bertz CT molecular complexity index is 175. The van der Waals surface area contributed by atoms with Crippen LogP contribution in [0.3, 0.4) is 0 Å². The second kappa shape index (κ2) is 2.83. The van der Waals surface area contributed by atoms with Crippen LogP contribution < -0.4 is 10.8 Å². The first-order valence-electron chi connectivity index (χ1n) is 2.09. The average Bonchev–Trinajstić information content (AvgIpc) is 1.60. The van der Waals surface area contributed by atoms with Crippen LogP contribution in [0.2, 0.25) is 0 Å². The third kappa shape index (κ3) is 3.24. The molecule has 0 aliphatic carbocycles. The van der Waals surface area contributed by atoms with Crippen molar-refractivity contribution >= 4 is 17.6 Å². The smallest absolute Gasteiger partial charge is 0.362 e. The van der Waals surface area contributed by atoms with Crippen molar-refractivity contribution in [1.82, 2.24) is 0 Å². The van der Waals surface area contributed by atoms with E-state index in [0.29, 0.717) is 0 Å². The molecular formula is C4H3ClF2NO2-. The Hall–Kier alpha value is -0.840. The van der Waals surface area contributed by atoms with E-state index in [1.54, 1.807) is 0 Å². The lowest BCUT2D eigenvalue weighted by molar-refractivity contribution is -0.297. The SMILES string of the molecule is N/C(=C\C(=O)[O-])C(F)(F)Cl. The minimum Gasteiger partial charge on any atom is -0.545 e. The van der Waals surface area contributed by atoms with E-state index in [1.165, 1.54) is 0 Å². The fourth-order valence-electron chi connectivity index (χ4n) is 0.209. The van der Waals surface area contributed by atoms with Gasteiger partial charge in [-0.15, -0.1) is 0 Å². The second-order valence-corrected chi connectivity index (χ2v) is 1.89. The van der Waals surface area contributed by atoms with Crippen molar-refractivity contribution < 1.29 is 18.7 Å². The zero-order chi connectivity index (χ0) is 8.36. The predicted octanol–water partition coefficient (Wildman–Crippen LogP) is -0.590. The van der Waals surface area contributed by atoms with E-state index in [4.69, 9.17) is 0 Å². The van der Waals surface area contributed by atoms with Crippen LogP contribution in [-0.4, -0.2) is 11.4 Å². The highest BCUT2D eigenvalue weighted by Gasteiger charge is 2.28. The molecule has 0 aliphatic rings. The molecule has 0 spiro atoms. The van der Waals surface area contributed by atoms with Crippen LogP contribution in [0.5, 0.6) is 0 Å². The number of nitrogens with two attached hydrogens (primary N) is 1. The van der Waals surface area contributed by atoms with Crippen LogP contribution in [0.4, 0.5) is 8.78 Å². The molecule has 0 aromatic carbocycles. The van der Waals surface area contributed by atoms with Gasteiger partial charge in [0.05, 0.1) is 11.7 Å². The number of carboxylic acid groups (broad SMARTS) is 1. The largest absolute Gasteiger partial charge is 0.545 e. The van der Waals surface area contributed by atoms with Gasteiger partial charge in [-0.2, -0.15) is 8.78 Å². The zero-order valence-electron chi connectivity index (χ0n) is 4.61. The summed E-state index contributed by atoms with van der Waals surface area (Å²) in [5, 5.41) is 5.78. The maximum atomic E-state index is 11.8. The lowest BCUT2D eigenvalue weighted by Crippen LogP contribution is -2.25. The number of rotatable bonds is 2.